The van der Waals surface area contributed by atoms with E-state index in [0.29, 0.717) is 6.04 Å². The van der Waals surface area contributed by atoms with Crippen molar-refractivity contribution in [3.63, 3.8) is 0 Å². The molecule has 0 saturated carbocycles. The molecule has 3 heterocycles. The fourth-order valence-electron chi connectivity index (χ4n) is 4.05. The van der Waals surface area contributed by atoms with E-state index in [0.717, 1.165) is 43.1 Å². The molecule has 0 amide bonds. The largest absolute Gasteiger partial charge is 0.387 e. The van der Waals surface area contributed by atoms with Gasteiger partial charge >= 0.3 is 0 Å². The lowest BCUT2D eigenvalue weighted by Crippen LogP contribution is -2.24. The van der Waals surface area contributed by atoms with Gasteiger partial charge in [-0.05, 0) is 57.3 Å². The number of likely N-dealkylation sites (N-methyl/N-ethyl adjacent to an activating group) is 1. The predicted molar refractivity (Wildman–Crippen MR) is 95.4 cm³/mol. The lowest BCUT2D eigenvalue weighted by atomic mass is 10.0. The summed E-state index contributed by atoms with van der Waals surface area (Å²) in [5.41, 5.74) is 6.05. The maximum Gasteiger partial charge on any atom is 0.164 e. The van der Waals surface area contributed by atoms with Crippen LogP contribution in [-0.2, 0) is 12.8 Å². The summed E-state index contributed by atoms with van der Waals surface area (Å²) in [6, 6.07) is 2.61. The third-order valence-electron chi connectivity index (χ3n) is 5.27. The zero-order valence-corrected chi connectivity index (χ0v) is 14.2. The minimum Gasteiger partial charge on any atom is -0.387 e. The molecule has 0 aromatic carbocycles. The first kappa shape index (κ1) is 14.7. The number of rotatable bonds is 3. The van der Waals surface area contributed by atoms with Gasteiger partial charge in [-0.2, -0.15) is 0 Å². The molecule has 1 aliphatic carbocycles. The molecule has 2 aliphatic rings. The average molecular weight is 311 g/mol. The number of nitrogens with zero attached hydrogens (tertiary/aromatic N) is 3. The highest BCUT2D eigenvalue weighted by molar-refractivity contribution is 5.94. The normalized spacial score (nSPS) is 20.9. The first-order valence-electron chi connectivity index (χ1n) is 8.61. The third-order valence-corrected chi connectivity index (χ3v) is 5.27. The van der Waals surface area contributed by atoms with Gasteiger partial charge in [-0.25, -0.2) is 9.97 Å². The number of hydrogen-bond acceptors (Lipinski definition) is 5. The quantitative estimate of drug-likeness (QED) is 0.912. The molecule has 0 radical (unpaired) electrons. The van der Waals surface area contributed by atoms with Crippen LogP contribution in [0.1, 0.15) is 29.7 Å². The van der Waals surface area contributed by atoms with Gasteiger partial charge in [0.2, 0.25) is 0 Å². The van der Waals surface area contributed by atoms with E-state index in [-0.39, 0.29) is 0 Å². The number of pyridine rings is 2. The van der Waals surface area contributed by atoms with Gasteiger partial charge in [0.15, 0.2) is 5.65 Å². The molecule has 2 aromatic rings. The number of fused-ring (bicyclic) bond motifs is 2. The Kier molecular flexibility index (Phi) is 3.60. The highest BCUT2D eigenvalue weighted by atomic mass is 15.2. The summed E-state index contributed by atoms with van der Waals surface area (Å²) in [5, 5.41) is 8.12. The molecule has 23 heavy (non-hydrogen) atoms. The molecule has 4 rings (SSSR count). The Morgan fingerprint density at radius 1 is 1.26 bits per heavy atom. The van der Waals surface area contributed by atoms with Gasteiger partial charge in [0.1, 0.15) is 5.82 Å². The van der Waals surface area contributed by atoms with E-state index in [1.54, 1.807) is 0 Å². The van der Waals surface area contributed by atoms with Crippen molar-refractivity contribution in [1.29, 1.82) is 0 Å². The summed E-state index contributed by atoms with van der Waals surface area (Å²) >= 11 is 0. The molecule has 5 nitrogen and oxygen atoms in total. The molecule has 0 spiro atoms. The van der Waals surface area contributed by atoms with Gasteiger partial charge in [0.25, 0.3) is 0 Å². The Morgan fingerprint density at radius 3 is 2.87 bits per heavy atom. The van der Waals surface area contributed by atoms with Crippen molar-refractivity contribution in [2.75, 3.05) is 37.8 Å². The molecule has 122 valence electrons. The van der Waals surface area contributed by atoms with Gasteiger partial charge in [-0.15, -0.1) is 0 Å². The number of anilines is 2. The van der Waals surface area contributed by atoms with Crippen LogP contribution >= 0.6 is 0 Å². The molecule has 0 unspecified atom stereocenters. The maximum absolute atomic E-state index is 4.87. The van der Waals surface area contributed by atoms with Crippen LogP contribution in [-0.4, -0.2) is 48.1 Å². The van der Waals surface area contributed by atoms with Gasteiger partial charge < -0.3 is 15.5 Å². The van der Waals surface area contributed by atoms with E-state index >= 15 is 0 Å². The number of hydrogen-bond donors (Lipinski definition) is 2. The molecular formula is C18H25N5. The van der Waals surface area contributed by atoms with Crippen LogP contribution < -0.4 is 10.6 Å². The molecule has 1 atom stereocenters. The van der Waals surface area contributed by atoms with Crippen LogP contribution in [0.4, 0.5) is 11.5 Å². The Balaban J connectivity index is 1.77. The van der Waals surface area contributed by atoms with Crippen LogP contribution in [0.25, 0.3) is 11.0 Å². The molecule has 1 fully saturated rings. The Bertz CT molecular complexity index is 755. The molecular weight excluding hydrogens is 286 g/mol. The van der Waals surface area contributed by atoms with Gasteiger partial charge in [-0.3, -0.25) is 0 Å². The van der Waals surface area contributed by atoms with Crippen molar-refractivity contribution in [3.8, 4) is 0 Å². The fraction of sp³-hybridized carbons (Fsp3) is 0.556. The SMILES string of the molecule is CNc1cc(N[C@@H]2CCN(C)C2)nc2nc3c(c(C)c12)CCC3. The maximum atomic E-state index is 4.87. The van der Waals surface area contributed by atoms with Crippen molar-refractivity contribution in [3.05, 3.63) is 22.9 Å². The van der Waals surface area contributed by atoms with Crippen molar-refractivity contribution in [2.45, 2.75) is 38.6 Å². The summed E-state index contributed by atoms with van der Waals surface area (Å²) in [6.45, 7) is 4.44. The second kappa shape index (κ2) is 5.64. The van der Waals surface area contributed by atoms with Crippen LogP contribution in [0.3, 0.4) is 0 Å². The average Bonchev–Trinajstić information content (AvgIpc) is 3.15. The van der Waals surface area contributed by atoms with Crippen LogP contribution in [0.15, 0.2) is 6.07 Å². The van der Waals surface area contributed by atoms with Crippen LogP contribution in [0, 0.1) is 6.92 Å². The van der Waals surface area contributed by atoms with Crippen molar-refractivity contribution in [2.24, 2.45) is 0 Å². The standard InChI is InChI=1S/C18H25N5/c1-11-13-5-4-6-14(13)21-18-17(11)15(19-2)9-16(22-18)20-12-7-8-23(3)10-12/h9,12H,4-8,10H2,1-3H3,(H2,19,20,21,22)/t12-/m1/s1. The summed E-state index contributed by atoms with van der Waals surface area (Å²) < 4.78 is 0. The Hall–Kier alpha value is -1.88. The number of likely N-dealkylation sites (tertiary alicyclic amines) is 1. The van der Waals surface area contributed by atoms with Gasteiger partial charge in [0, 0.05) is 42.5 Å². The smallest absolute Gasteiger partial charge is 0.164 e. The van der Waals surface area contributed by atoms with Gasteiger partial charge in [-0.1, -0.05) is 0 Å². The second-order valence-electron chi connectivity index (χ2n) is 6.91. The van der Waals surface area contributed by atoms with Crippen molar-refractivity contribution < 1.29 is 0 Å². The molecule has 1 saturated heterocycles. The summed E-state index contributed by atoms with van der Waals surface area (Å²) in [4.78, 5) is 12.1. The number of aromatic nitrogens is 2. The first-order valence-corrected chi connectivity index (χ1v) is 8.61. The highest BCUT2D eigenvalue weighted by Gasteiger charge is 2.22. The summed E-state index contributed by atoms with van der Waals surface area (Å²) in [7, 11) is 4.15. The van der Waals surface area contributed by atoms with E-state index < -0.39 is 0 Å². The highest BCUT2D eigenvalue weighted by Crippen LogP contribution is 2.34. The fourth-order valence-corrected chi connectivity index (χ4v) is 4.05. The van der Waals surface area contributed by atoms with E-state index in [2.05, 4.69) is 35.6 Å². The summed E-state index contributed by atoms with van der Waals surface area (Å²) in [5.74, 6) is 0.937. The van der Waals surface area contributed by atoms with Gasteiger partial charge in [0.05, 0.1) is 0 Å². The second-order valence-corrected chi connectivity index (χ2v) is 6.91. The zero-order valence-electron chi connectivity index (χ0n) is 14.2. The Morgan fingerprint density at radius 2 is 2.13 bits per heavy atom. The molecule has 1 aliphatic heterocycles. The Labute approximate surface area is 137 Å². The van der Waals surface area contributed by atoms with E-state index in [4.69, 9.17) is 9.97 Å². The molecule has 2 N–H and O–H groups in total. The van der Waals surface area contributed by atoms with Crippen LogP contribution in [0.5, 0.6) is 0 Å². The predicted octanol–water partition coefficient (Wildman–Crippen LogP) is 2.58. The monoisotopic (exact) mass is 311 g/mol. The molecule has 5 heteroatoms. The molecule has 2 aromatic heterocycles. The lowest BCUT2D eigenvalue weighted by molar-refractivity contribution is 0.414. The summed E-state index contributed by atoms with van der Waals surface area (Å²) in [6.07, 6.45) is 4.63. The minimum atomic E-state index is 0.477. The van der Waals surface area contributed by atoms with Crippen LogP contribution in [0.2, 0.25) is 0 Å². The van der Waals surface area contributed by atoms with E-state index in [1.807, 2.05) is 7.05 Å². The zero-order chi connectivity index (χ0) is 16.0. The van der Waals surface area contributed by atoms with Crippen molar-refractivity contribution >= 4 is 22.5 Å². The van der Waals surface area contributed by atoms with E-state index in [9.17, 15) is 0 Å². The van der Waals surface area contributed by atoms with E-state index in [1.165, 1.54) is 35.0 Å². The lowest BCUT2D eigenvalue weighted by Gasteiger charge is -2.17. The minimum absolute atomic E-state index is 0.477. The third kappa shape index (κ3) is 2.53. The number of aryl methyl sites for hydroxylation is 2. The topological polar surface area (TPSA) is 53.1 Å². The first-order chi connectivity index (χ1) is 11.2. The molecule has 0 bridgehead atoms. The van der Waals surface area contributed by atoms with Crippen molar-refractivity contribution in [1.82, 2.24) is 14.9 Å². The number of nitrogens with one attached hydrogen (secondary N) is 2.